The molecule has 3 atom stereocenters. The topological polar surface area (TPSA) is 41.6 Å². The Labute approximate surface area is 145 Å². The largest absolute Gasteiger partial charge is 0.370 e. The number of nitrogens with one attached hydrogen (secondary N) is 1. The quantitative estimate of drug-likeness (QED) is 0.900. The molecule has 24 heavy (non-hydrogen) atoms. The fourth-order valence-corrected chi connectivity index (χ4v) is 4.06. The van der Waals surface area contributed by atoms with Crippen LogP contribution in [0.25, 0.3) is 0 Å². The Morgan fingerprint density at radius 2 is 2.08 bits per heavy atom. The van der Waals surface area contributed by atoms with Crippen LogP contribution in [0.1, 0.15) is 67.6 Å². The van der Waals surface area contributed by atoms with Crippen LogP contribution in [-0.2, 0) is 11.2 Å². The summed E-state index contributed by atoms with van der Waals surface area (Å²) >= 11 is 0. The average Bonchev–Trinajstić information content (AvgIpc) is 2.62. The van der Waals surface area contributed by atoms with Crippen LogP contribution >= 0.6 is 0 Å². The highest BCUT2D eigenvalue weighted by atomic mass is 16.5. The third kappa shape index (κ3) is 3.35. The van der Waals surface area contributed by atoms with E-state index in [2.05, 4.69) is 24.4 Å². The van der Waals surface area contributed by atoms with Gasteiger partial charge >= 0.3 is 0 Å². The summed E-state index contributed by atoms with van der Waals surface area (Å²) in [7, 11) is 0. The SMILES string of the molecule is CCCC1COC2c3cc(C(=O)N(CC)CC)ccc3CCC2N1. The number of ether oxygens (including phenoxy) is 1. The molecule has 1 amide bonds. The first-order chi connectivity index (χ1) is 11.7. The van der Waals surface area contributed by atoms with Gasteiger partial charge in [0, 0.05) is 30.7 Å². The van der Waals surface area contributed by atoms with E-state index in [4.69, 9.17) is 4.74 Å². The molecular weight excluding hydrogens is 300 g/mol. The number of hydrogen-bond donors (Lipinski definition) is 1. The van der Waals surface area contributed by atoms with Crippen LogP contribution < -0.4 is 5.32 Å². The van der Waals surface area contributed by atoms with Gasteiger partial charge in [-0.3, -0.25) is 4.79 Å². The van der Waals surface area contributed by atoms with Gasteiger partial charge in [0.25, 0.3) is 5.91 Å². The zero-order chi connectivity index (χ0) is 17.1. The van der Waals surface area contributed by atoms with E-state index in [1.807, 2.05) is 24.8 Å². The molecule has 1 heterocycles. The second-order valence-electron chi connectivity index (χ2n) is 6.94. The highest BCUT2D eigenvalue weighted by Crippen LogP contribution is 2.36. The van der Waals surface area contributed by atoms with E-state index in [0.717, 1.165) is 44.5 Å². The first-order valence-corrected chi connectivity index (χ1v) is 9.47. The van der Waals surface area contributed by atoms with Gasteiger partial charge in [0.2, 0.25) is 0 Å². The van der Waals surface area contributed by atoms with E-state index in [0.29, 0.717) is 12.1 Å². The normalized spacial score (nSPS) is 25.7. The maximum atomic E-state index is 12.7. The number of morpholine rings is 1. The molecule has 1 fully saturated rings. The predicted molar refractivity (Wildman–Crippen MR) is 96.3 cm³/mol. The molecule has 1 N–H and O–H groups in total. The van der Waals surface area contributed by atoms with Gasteiger partial charge in [-0.1, -0.05) is 19.4 Å². The number of hydrogen-bond acceptors (Lipinski definition) is 3. The minimum atomic E-state index is 0.0892. The van der Waals surface area contributed by atoms with E-state index >= 15 is 0 Å². The molecule has 0 radical (unpaired) electrons. The average molecular weight is 330 g/mol. The van der Waals surface area contributed by atoms with Gasteiger partial charge in [-0.25, -0.2) is 0 Å². The zero-order valence-electron chi connectivity index (χ0n) is 15.2. The summed E-state index contributed by atoms with van der Waals surface area (Å²) in [6, 6.07) is 7.04. The second-order valence-corrected chi connectivity index (χ2v) is 6.94. The van der Waals surface area contributed by atoms with Crippen LogP contribution in [0.15, 0.2) is 18.2 Å². The second kappa shape index (κ2) is 7.66. The van der Waals surface area contributed by atoms with E-state index < -0.39 is 0 Å². The van der Waals surface area contributed by atoms with Gasteiger partial charge in [-0.2, -0.15) is 0 Å². The summed E-state index contributed by atoms with van der Waals surface area (Å²) in [4.78, 5) is 14.5. The lowest BCUT2D eigenvalue weighted by molar-refractivity contribution is -0.0378. The van der Waals surface area contributed by atoms with Gasteiger partial charge in [0.1, 0.15) is 0 Å². The highest BCUT2D eigenvalue weighted by Gasteiger charge is 2.36. The van der Waals surface area contributed by atoms with Crippen LogP contribution in [-0.4, -0.2) is 42.6 Å². The minimum Gasteiger partial charge on any atom is -0.370 e. The smallest absolute Gasteiger partial charge is 0.253 e. The molecule has 1 saturated heterocycles. The van der Waals surface area contributed by atoms with Gasteiger partial charge < -0.3 is 15.0 Å². The van der Waals surface area contributed by atoms with Crippen molar-refractivity contribution in [3.05, 3.63) is 34.9 Å². The summed E-state index contributed by atoms with van der Waals surface area (Å²) in [6.07, 6.45) is 4.60. The Morgan fingerprint density at radius 1 is 1.29 bits per heavy atom. The standard InChI is InChI=1S/C20H30N2O2/c1-4-7-16-13-24-19-17-12-15(20(23)22(5-2)6-3)9-8-14(17)10-11-18(19)21-16/h8-9,12,16,18-19,21H,4-7,10-11,13H2,1-3H3. The molecule has 132 valence electrons. The molecule has 1 aliphatic heterocycles. The van der Waals surface area contributed by atoms with Crippen molar-refractivity contribution in [1.29, 1.82) is 0 Å². The molecule has 3 unspecified atom stereocenters. The Kier molecular flexibility index (Phi) is 5.57. The number of fused-ring (bicyclic) bond motifs is 3. The molecule has 0 spiro atoms. The maximum absolute atomic E-state index is 12.7. The van der Waals surface area contributed by atoms with Crippen molar-refractivity contribution < 1.29 is 9.53 Å². The monoisotopic (exact) mass is 330 g/mol. The Bertz CT molecular complexity index is 583. The fraction of sp³-hybridized carbons (Fsp3) is 0.650. The zero-order valence-corrected chi connectivity index (χ0v) is 15.2. The number of rotatable bonds is 5. The summed E-state index contributed by atoms with van der Waals surface area (Å²) < 4.78 is 6.23. The van der Waals surface area contributed by atoms with Crippen LogP contribution in [0, 0.1) is 0 Å². The molecule has 4 nitrogen and oxygen atoms in total. The molecule has 1 aliphatic carbocycles. The molecule has 1 aromatic carbocycles. The van der Waals surface area contributed by atoms with Crippen molar-refractivity contribution in [2.75, 3.05) is 19.7 Å². The van der Waals surface area contributed by atoms with Gasteiger partial charge in [-0.05, 0) is 56.4 Å². The molecule has 0 saturated carbocycles. The van der Waals surface area contributed by atoms with Crippen molar-refractivity contribution in [2.24, 2.45) is 0 Å². The third-order valence-corrected chi connectivity index (χ3v) is 5.40. The van der Waals surface area contributed by atoms with Crippen LogP contribution in [0.5, 0.6) is 0 Å². The van der Waals surface area contributed by atoms with Crippen LogP contribution in [0.2, 0.25) is 0 Å². The number of nitrogens with zero attached hydrogens (tertiary/aromatic N) is 1. The highest BCUT2D eigenvalue weighted by molar-refractivity contribution is 5.94. The summed E-state index contributed by atoms with van der Waals surface area (Å²) in [5.74, 6) is 0.123. The summed E-state index contributed by atoms with van der Waals surface area (Å²) in [5, 5.41) is 3.77. The molecule has 0 bridgehead atoms. The minimum absolute atomic E-state index is 0.0892. The number of carbonyl (C=O) groups excluding carboxylic acids is 1. The fourth-order valence-electron chi connectivity index (χ4n) is 4.06. The molecular formula is C20H30N2O2. The lowest BCUT2D eigenvalue weighted by atomic mass is 9.83. The van der Waals surface area contributed by atoms with Crippen molar-refractivity contribution in [3.63, 3.8) is 0 Å². The lowest BCUT2D eigenvalue weighted by Gasteiger charge is -2.41. The number of benzene rings is 1. The van der Waals surface area contributed by atoms with Crippen LogP contribution in [0.3, 0.4) is 0 Å². The van der Waals surface area contributed by atoms with Gasteiger partial charge in [0.15, 0.2) is 0 Å². The van der Waals surface area contributed by atoms with E-state index in [1.165, 1.54) is 17.5 Å². The van der Waals surface area contributed by atoms with E-state index in [-0.39, 0.29) is 12.0 Å². The third-order valence-electron chi connectivity index (χ3n) is 5.40. The number of carbonyl (C=O) groups is 1. The molecule has 4 heteroatoms. The van der Waals surface area contributed by atoms with Crippen molar-refractivity contribution in [1.82, 2.24) is 10.2 Å². The maximum Gasteiger partial charge on any atom is 0.253 e. The molecule has 1 aromatic rings. The molecule has 3 rings (SSSR count). The molecule has 0 aromatic heterocycles. The number of aryl methyl sites for hydroxylation is 1. The lowest BCUT2D eigenvalue weighted by Crippen LogP contribution is -2.51. The van der Waals surface area contributed by atoms with Crippen LogP contribution in [0.4, 0.5) is 0 Å². The van der Waals surface area contributed by atoms with Gasteiger partial charge in [0.05, 0.1) is 12.7 Å². The number of amides is 1. The van der Waals surface area contributed by atoms with Crippen molar-refractivity contribution in [3.8, 4) is 0 Å². The molecule has 2 aliphatic rings. The Balaban J connectivity index is 1.82. The summed E-state index contributed by atoms with van der Waals surface area (Å²) in [6.45, 7) is 8.53. The van der Waals surface area contributed by atoms with Crippen molar-refractivity contribution >= 4 is 5.91 Å². The Hall–Kier alpha value is -1.39. The van der Waals surface area contributed by atoms with Gasteiger partial charge in [-0.15, -0.1) is 0 Å². The first-order valence-electron chi connectivity index (χ1n) is 9.47. The van der Waals surface area contributed by atoms with E-state index in [1.54, 1.807) is 0 Å². The Morgan fingerprint density at radius 3 is 2.79 bits per heavy atom. The van der Waals surface area contributed by atoms with E-state index in [9.17, 15) is 4.79 Å². The first kappa shape index (κ1) is 17.4. The summed E-state index contributed by atoms with van der Waals surface area (Å²) in [5.41, 5.74) is 3.34. The van der Waals surface area contributed by atoms with Crippen molar-refractivity contribution in [2.45, 2.75) is 64.6 Å². The predicted octanol–water partition coefficient (Wildman–Crippen LogP) is 3.31.